The number of H-pyrrole nitrogens is 1. The van der Waals surface area contributed by atoms with Crippen molar-refractivity contribution in [3.63, 3.8) is 0 Å². The normalized spacial score (nSPS) is 12.4. The fourth-order valence-electron chi connectivity index (χ4n) is 2.11. The van der Waals surface area contributed by atoms with Gasteiger partial charge in [-0.05, 0) is 36.7 Å². The zero-order chi connectivity index (χ0) is 13.7. The third-order valence-electron chi connectivity index (χ3n) is 2.97. The second-order valence-corrected chi connectivity index (χ2v) is 4.68. The summed E-state index contributed by atoms with van der Waals surface area (Å²) in [5, 5.41) is 4.13. The quantitative estimate of drug-likeness (QED) is 0.855. The van der Waals surface area contributed by atoms with Gasteiger partial charge in [0, 0.05) is 17.4 Å². The first kappa shape index (κ1) is 13.9. The Morgan fingerprint density at radius 1 is 1.47 bits per heavy atom. The minimum Gasteiger partial charge on any atom is -0.496 e. The number of nitrogens with zero attached hydrogens (tertiary/aromatic N) is 1. The second-order valence-electron chi connectivity index (χ2n) is 4.24. The van der Waals surface area contributed by atoms with Crippen molar-refractivity contribution in [3.05, 3.63) is 47.0 Å². The number of methoxy groups -OCH3 is 1. The van der Waals surface area contributed by atoms with Crippen LogP contribution < -0.4 is 10.1 Å². The van der Waals surface area contributed by atoms with E-state index in [2.05, 4.69) is 22.2 Å². The molecule has 0 aliphatic heterocycles. The number of likely N-dealkylation sites (N-methyl/N-ethyl adjacent to an activating group) is 1. The van der Waals surface area contributed by atoms with Gasteiger partial charge in [-0.2, -0.15) is 0 Å². The summed E-state index contributed by atoms with van der Waals surface area (Å²) in [5.41, 5.74) is 1.07. The van der Waals surface area contributed by atoms with Gasteiger partial charge in [0.25, 0.3) is 0 Å². The molecule has 2 aromatic rings. The van der Waals surface area contributed by atoms with Gasteiger partial charge in [-0.1, -0.05) is 18.5 Å². The fraction of sp³-hybridized carbons (Fsp3) is 0.357. The molecule has 1 aromatic heterocycles. The molecule has 0 spiro atoms. The molecule has 0 aliphatic rings. The minimum absolute atomic E-state index is 0.118. The van der Waals surface area contributed by atoms with Crippen molar-refractivity contribution in [2.45, 2.75) is 19.4 Å². The van der Waals surface area contributed by atoms with Gasteiger partial charge in [-0.3, -0.25) is 0 Å². The lowest BCUT2D eigenvalue weighted by Crippen LogP contribution is -2.24. The summed E-state index contributed by atoms with van der Waals surface area (Å²) in [4.78, 5) is 7.46. The molecule has 1 heterocycles. The average Bonchev–Trinajstić information content (AvgIpc) is 2.92. The van der Waals surface area contributed by atoms with Crippen LogP contribution in [0.1, 0.15) is 24.4 Å². The molecule has 5 heteroatoms. The monoisotopic (exact) mass is 279 g/mol. The number of ether oxygens (including phenoxy) is 1. The lowest BCUT2D eigenvalue weighted by Gasteiger charge is -2.17. The van der Waals surface area contributed by atoms with Crippen LogP contribution in [0, 0.1) is 0 Å². The van der Waals surface area contributed by atoms with E-state index in [1.165, 1.54) is 0 Å². The van der Waals surface area contributed by atoms with Crippen LogP contribution in [-0.2, 0) is 6.42 Å². The topological polar surface area (TPSA) is 49.9 Å². The zero-order valence-corrected chi connectivity index (χ0v) is 11.9. The SMILES string of the molecule is CCNC(Cc1cc(Cl)ccc1OC)c1ncc[nH]1. The van der Waals surface area contributed by atoms with E-state index in [9.17, 15) is 0 Å². The molecule has 0 aliphatic carbocycles. The Kier molecular flexibility index (Phi) is 4.82. The molecule has 1 atom stereocenters. The number of halogens is 1. The summed E-state index contributed by atoms with van der Waals surface area (Å²) in [6.07, 6.45) is 4.36. The van der Waals surface area contributed by atoms with E-state index in [0.717, 1.165) is 30.1 Å². The number of nitrogens with one attached hydrogen (secondary N) is 2. The van der Waals surface area contributed by atoms with Gasteiger partial charge >= 0.3 is 0 Å². The molecular formula is C14H18ClN3O. The highest BCUT2D eigenvalue weighted by molar-refractivity contribution is 6.30. The van der Waals surface area contributed by atoms with Gasteiger partial charge in [-0.15, -0.1) is 0 Å². The summed E-state index contributed by atoms with van der Waals surface area (Å²) < 4.78 is 5.38. The van der Waals surface area contributed by atoms with Crippen LogP contribution in [0.15, 0.2) is 30.6 Å². The smallest absolute Gasteiger partial charge is 0.123 e. The van der Waals surface area contributed by atoms with Crippen LogP contribution in [0.2, 0.25) is 5.02 Å². The second kappa shape index (κ2) is 6.59. The molecule has 0 saturated carbocycles. The largest absolute Gasteiger partial charge is 0.496 e. The molecule has 1 aromatic carbocycles. The minimum atomic E-state index is 0.118. The van der Waals surface area contributed by atoms with Crippen molar-refractivity contribution >= 4 is 11.6 Å². The van der Waals surface area contributed by atoms with Crippen LogP contribution in [0.3, 0.4) is 0 Å². The molecule has 4 nitrogen and oxygen atoms in total. The maximum absolute atomic E-state index is 6.06. The van der Waals surface area contributed by atoms with Crippen LogP contribution in [0.25, 0.3) is 0 Å². The first-order valence-corrected chi connectivity index (χ1v) is 6.67. The molecule has 0 saturated heterocycles. The Bertz CT molecular complexity index is 513. The molecular weight excluding hydrogens is 262 g/mol. The van der Waals surface area contributed by atoms with Gasteiger partial charge in [0.2, 0.25) is 0 Å². The predicted octanol–water partition coefficient (Wildman–Crippen LogP) is 2.97. The Morgan fingerprint density at radius 3 is 2.95 bits per heavy atom. The number of hydrogen-bond donors (Lipinski definition) is 2. The van der Waals surface area contributed by atoms with E-state index < -0.39 is 0 Å². The Morgan fingerprint density at radius 2 is 2.32 bits per heavy atom. The lowest BCUT2D eigenvalue weighted by molar-refractivity contribution is 0.405. The third-order valence-corrected chi connectivity index (χ3v) is 3.20. The molecule has 19 heavy (non-hydrogen) atoms. The molecule has 2 N–H and O–H groups in total. The van der Waals surface area contributed by atoms with Crippen molar-refractivity contribution in [2.24, 2.45) is 0 Å². The van der Waals surface area contributed by atoms with E-state index in [0.29, 0.717) is 5.02 Å². The standard InChI is InChI=1S/C14H18ClN3O/c1-3-16-12(14-17-6-7-18-14)9-10-8-11(15)4-5-13(10)19-2/h4-8,12,16H,3,9H2,1-2H3,(H,17,18). The summed E-state index contributed by atoms with van der Waals surface area (Å²) in [6.45, 7) is 2.94. The van der Waals surface area contributed by atoms with Crippen LogP contribution in [0.5, 0.6) is 5.75 Å². The molecule has 0 fully saturated rings. The van der Waals surface area contributed by atoms with Gasteiger partial charge in [0.1, 0.15) is 11.6 Å². The van der Waals surface area contributed by atoms with Crippen molar-refractivity contribution in [1.82, 2.24) is 15.3 Å². The van der Waals surface area contributed by atoms with E-state index >= 15 is 0 Å². The third kappa shape index (κ3) is 3.49. The fourth-order valence-corrected chi connectivity index (χ4v) is 2.30. The molecule has 1 unspecified atom stereocenters. The number of aromatic nitrogens is 2. The highest BCUT2D eigenvalue weighted by Gasteiger charge is 2.16. The van der Waals surface area contributed by atoms with E-state index in [-0.39, 0.29) is 6.04 Å². The molecule has 0 amide bonds. The number of aromatic amines is 1. The maximum atomic E-state index is 6.06. The van der Waals surface area contributed by atoms with Crippen LogP contribution >= 0.6 is 11.6 Å². The van der Waals surface area contributed by atoms with Gasteiger partial charge in [-0.25, -0.2) is 4.98 Å². The molecule has 102 valence electrons. The first-order chi connectivity index (χ1) is 9.24. The van der Waals surface area contributed by atoms with Crippen molar-refractivity contribution in [1.29, 1.82) is 0 Å². The number of imidazole rings is 1. The van der Waals surface area contributed by atoms with Crippen molar-refractivity contribution < 1.29 is 4.74 Å². The van der Waals surface area contributed by atoms with Crippen molar-refractivity contribution in [2.75, 3.05) is 13.7 Å². The molecule has 2 rings (SSSR count). The lowest BCUT2D eigenvalue weighted by atomic mass is 10.0. The van der Waals surface area contributed by atoms with E-state index in [4.69, 9.17) is 16.3 Å². The maximum Gasteiger partial charge on any atom is 0.123 e. The number of hydrogen-bond acceptors (Lipinski definition) is 3. The van der Waals surface area contributed by atoms with Gasteiger partial charge in [0.15, 0.2) is 0 Å². The average molecular weight is 280 g/mol. The van der Waals surface area contributed by atoms with Crippen LogP contribution in [-0.4, -0.2) is 23.6 Å². The van der Waals surface area contributed by atoms with Gasteiger partial charge < -0.3 is 15.0 Å². The Balaban J connectivity index is 2.24. The Labute approximate surface area is 118 Å². The van der Waals surface area contributed by atoms with Gasteiger partial charge in [0.05, 0.1) is 13.2 Å². The Hall–Kier alpha value is -1.52. The van der Waals surface area contributed by atoms with E-state index in [1.54, 1.807) is 13.3 Å². The zero-order valence-electron chi connectivity index (χ0n) is 11.1. The summed E-state index contributed by atoms with van der Waals surface area (Å²) in [5.74, 6) is 1.77. The van der Waals surface area contributed by atoms with E-state index in [1.807, 2.05) is 24.4 Å². The number of rotatable bonds is 6. The van der Waals surface area contributed by atoms with Crippen molar-refractivity contribution in [3.8, 4) is 5.75 Å². The number of benzene rings is 1. The summed E-state index contributed by atoms with van der Waals surface area (Å²) in [7, 11) is 1.67. The highest BCUT2D eigenvalue weighted by Crippen LogP contribution is 2.26. The first-order valence-electron chi connectivity index (χ1n) is 6.29. The molecule has 0 bridgehead atoms. The van der Waals surface area contributed by atoms with Crippen LogP contribution in [0.4, 0.5) is 0 Å². The molecule has 0 radical (unpaired) electrons. The highest BCUT2D eigenvalue weighted by atomic mass is 35.5. The predicted molar refractivity (Wildman–Crippen MR) is 76.7 cm³/mol. The summed E-state index contributed by atoms with van der Waals surface area (Å²) >= 11 is 6.06. The summed E-state index contributed by atoms with van der Waals surface area (Å²) in [6, 6.07) is 5.78.